The van der Waals surface area contributed by atoms with Crippen molar-refractivity contribution in [3.05, 3.63) is 175 Å². The van der Waals surface area contributed by atoms with E-state index in [4.69, 9.17) is 98.0 Å². The fourth-order valence-electron chi connectivity index (χ4n) is 7.41. The van der Waals surface area contributed by atoms with Gasteiger partial charge in [-0.2, -0.15) is 8.42 Å². The molecular weight excluding hydrogens is 948 g/mol. The summed E-state index contributed by atoms with van der Waals surface area (Å²) in [5.74, 6) is 0. The molecule has 298 valence electrons. The Labute approximate surface area is 383 Å². The van der Waals surface area contributed by atoms with Gasteiger partial charge in [0.2, 0.25) is 0 Å². The summed E-state index contributed by atoms with van der Waals surface area (Å²) in [6.07, 6.45) is 1.71. The molecule has 1 N–H and O–H groups in total. The molecule has 0 saturated heterocycles. The SMILES string of the molecule is O=S(=O)(O)c1c2nc(c(Cl)c3c(-c4ccccc4)c(-c4ccccc4)c(c(Cl)c4nc(c(Cl)c5c(Cl)c(Cl)c1n5Cl)C=C4c1ccccc1)n3-c1ccccc1)C(Cl)=C2Cl. The molecule has 0 amide bonds. The lowest BCUT2D eigenvalue weighted by atomic mass is 9.95. The molecule has 2 aliphatic rings. The van der Waals surface area contributed by atoms with Crippen molar-refractivity contribution in [3.63, 3.8) is 0 Å². The van der Waals surface area contributed by atoms with E-state index in [1.807, 2.05) is 126 Å². The Hall–Kier alpha value is -4.29. The van der Waals surface area contributed by atoms with Gasteiger partial charge in [0.15, 0.2) is 0 Å². The molecule has 0 fully saturated rings. The van der Waals surface area contributed by atoms with Crippen LogP contribution < -0.4 is 0 Å². The lowest BCUT2D eigenvalue weighted by molar-refractivity contribution is 0.483. The van der Waals surface area contributed by atoms with Crippen LogP contribution in [0.1, 0.15) is 28.3 Å². The number of aromatic nitrogens is 4. The minimum absolute atomic E-state index is 0.0626. The van der Waals surface area contributed by atoms with Gasteiger partial charge in [-0.05, 0) is 34.9 Å². The zero-order valence-electron chi connectivity index (χ0n) is 30.1. The second kappa shape index (κ2) is 15.9. The first kappa shape index (κ1) is 41.1. The summed E-state index contributed by atoms with van der Waals surface area (Å²) >= 11 is 57.1. The highest BCUT2D eigenvalue weighted by molar-refractivity contribution is 7.86. The van der Waals surface area contributed by atoms with Gasteiger partial charge in [-0.25, -0.2) is 14.1 Å². The van der Waals surface area contributed by atoms with Gasteiger partial charge in [0.05, 0.1) is 63.1 Å². The molecule has 4 aromatic carbocycles. The second-order valence-electron chi connectivity index (χ2n) is 13.4. The molecule has 7 aromatic rings. The third-order valence-electron chi connectivity index (χ3n) is 9.95. The highest BCUT2D eigenvalue weighted by Gasteiger charge is 2.35. The Morgan fingerprint density at radius 3 is 1.45 bits per heavy atom. The zero-order chi connectivity index (χ0) is 42.2. The maximum atomic E-state index is 13.5. The van der Waals surface area contributed by atoms with Crippen LogP contribution in [-0.2, 0) is 10.1 Å². The van der Waals surface area contributed by atoms with E-state index in [9.17, 15) is 13.0 Å². The standard InChI is InChI=1S/C44H22Cl8N4O3S/c45-30-27-21-26(22-13-5-1-6-14-22)37(53-27)35(50)40-28(23-15-7-2-8-16-23)29(24-17-9-3-10-18-24)41(55(40)25-19-11-4-12-20-25)36(51)38-31(46)32(47)39(54-38)44(60(57,58)59)43-34(49)33(48)42(30)56(43)52/h1-21H,(H,57,58,59). The van der Waals surface area contributed by atoms with E-state index in [1.54, 1.807) is 6.08 Å². The molecule has 0 atom stereocenters. The summed E-state index contributed by atoms with van der Waals surface area (Å²) in [6.45, 7) is 0. The first-order valence-electron chi connectivity index (χ1n) is 17.7. The van der Waals surface area contributed by atoms with E-state index in [2.05, 4.69) is 4.98 Å². The average Bonchev–Trinajstić information content (AvgIpc) is 3.99. The van der Waals surface area contributed by atoms with Crippen LogP contribution >= 0.6 is 93.0 Å². The summed E-state index contributed by atoms with van der Waals surface area (Å²) in [5, 5.41) is -1.30. The van der Waals surface area contributed by atoms with Crippen LogP contribution in [0.25, 0.3) is 71.7 Å². The summed E-state index contributed by atoms with van der Waals surface area (Å²) in [5.41, 5.74) is 4.65. The van der Waals surface area contributed by atoms with Crippen molar-refractivity contribution in [1.29, 1.82) is 0 Å². The molecule has 2 aliphatic heterocycles. The van der Waals surface area contributed by atoms with Crippen molar-refractivity contribution in [2.75, 3.05) is 0 Å². The molecule has 9 rings (SSSR count). The first-order valence-corrected chi connectivity index (χ1v) is 22.1. The largest absolute Gasteiger partial charge is 0.306 e. The molecule has 16 heteroatoms. The maximum absolute atomic E-state index is 13.5. The van der Waals surface area contributed by atoms with Crippen LogP contribution in [0.15, 0.2) is 126 Å². The number of hydrogen-bond donors (Lipinski definition) is 1. The third kappa shape index (κ3) is 6.66. The van der Waals surface area contributed by atoms with Gasteiger partial charge in [-0.15, -0.1) is 0 Å². The average molecular weight is 970 g/mol. The molecule has 7 nitrogen and oxygen atoms in total. The number of rotatable bonds is 5. The highest BCUT2D eigenvalue weighted by Crippen LogP contribution is 2.52. The van der Waals surface area contributed by atoms with Crippen LogP contribution in [0.4, 0.5) is 0 Å². The van der Waals surface area contributed by atoms with E-state index >= 15 is 0 Å². The van der Waals surface area contributed by atoms with Gasteiger partial charge >= 0.3 is 0 Å². The minimum Gasteiger partial charge on any atom is -0.306 e. The topological polar surface area (TPSA) is 90.0 Å². The number of benzene rings is 4. The Morgan fingerprint density at radius 1 is 0.483 bits per heavy atom. The van der Waals surface area contributed by atoms with Crippen LogP contribution in [0.2, 0.25) is 25.1 Å². The van der Waals surface area contributed by atoms with Gasteiger partial charge < -0.3 is 4.57 Å². The number of hydrogen-bond acceptors (Lipinski definition) is 4. The second-order valence-corrected chi connectivity index (χ2v) is 17.8. The quantitative estimate of drug-likeness (QED) is 0.174. The fraction of sp³-hybridized carbons (Fsp3) is 0. The monoisotopic (exact) mass is 966 g/mol. The number of halogens is 8. The van der Waals surface area contributed by atoms with Crippen LogP contribution in [0.3, 0.4) is 0 Å². The molecule has 0 saturated carbocycles. The predicted octanol–water partition coefficient (Wildman–Crippen LogP) is 15.0. The van der Waals surface area contributed by atoms with Gasteiger partial charge in [-0.3, -0.25) is 4.55 Å². The third-order valence-corrected chi connectivity index (χ3v) is 13.9. The molecule has 0 aliphatic carbocycles. The zero-order valence-corrected chi connectivity index (χ0v) is 37.0. The molecule has 8 bridgehead atoms. The predicted molar refractivity (Wildman–Crippen MR) is 249 cm³/mol. The van der Waals surface area contributed by atoms with E-state index in [0.717, 1.165) is 20.8 Å². The molecule has 0 spiro atoms. The van der Waals surface area contributed by atoms with E-state index in [-0.39, 0.29) is 47.1 Å². The van der Waals surface area contributed by atoms with Crippen molar-refractivity contribution in [3.8, 4) is 27.9 Å². The molecular formula is C44H22Cl8N4O3S. The van der Waals surface area contributed by atoms with Crippen molar-refractivity contribution < 1.29 is 13.0 Å². The summed E-state index contributed by atoms with van der Waals surface area (Å²) in [4.78, 5) is 8.78. The van der Waals surface area contributed by atoms with Crippen LogP contribution in [0.5, 0.6) is 0 Å². The van der Waals surface area contributed by atoms with E-state index in [0.29, 0.717) is 39.1 Å². The molecule has 0 unspecified atom stereocenters. The van der Waals surface area contributed by atoms with E-state index in [1.165, 1.54) is 0 Å². The highest BCUT2D eigenvalue weighted by atomic mass is 35.5. The van der Waals surface area contributed by atoms with Crippen molar-refractivity contribution >= 4 is 147 Å². The normalized spacial score (nSPS) is 12.9. The van der Waals surface area contributed by atoms with Crippen molar-refractivity contribution in [1.82, 2.24) is 18.6 Å². The smallest absolute Gasteiger partial charge is 0.298 e. The lowest BCUT2D eigenvalue weighted by Crippen LogP contribution is -2.04. The fourth-order valence-corrected chi connectivity index (χ4v) is 10.9. The summed E-state index contributed by atoms with van der Waals surface area (Å²) < 4.78 is 40.5. The Bertz CT molecular complexity index is 3300. The maximum Gasteiger partial charge on any atom is 0.298 e. The molecule has 3 aromatic heterocycles. The number of nitrogens with zero attached hydrogens (tertiary/aromatic N) is 4. The van der Waals surface area contributed by atoms with Gasteiger partial charge in [0.1, 0.15) is 21.8 Å². The Kier molecular flexibility index (Phi) is 10.9. The summed E-state index contributed by atoms with van der Waals surface area (Å²) in [6, 6.07) is 37.9. The molecule has 60 heavy (non-hydrogen) atoms. The molecule has 0 radical (unpaired) electrons. The van der Waals surface area contributed by atoms with Gasteiger partial charge in [0.25, 0.3) is 10.1 Å². The molecule has 5 heterocycles. The lowest BCUT2D eigenvalue weighted by Gasteiger charge is -2.12. The van der Waals surface area contributed by atoms with Crippen LogP contribution in [-0.4, -0.2) is 31.6 Å². The van der Waals surface area contributed by atoms with E-state index < -0.39 is 31.2 Å². The van der Waals surface area contributed by atoms with Crippen molar-refractivity contribution in [2.45, 2.75) is 4.90 Å². The minimum atomic E-state index is -5.28. The van der Waals surface area contributed by atoms with Gasteiger partial charge in [-0.1, -0.05) is 190 Å². The summed E-state index contributed by atoms with van der Waals surface area (Å²) in [7, 11) is -5.28. The number of fused-ring (bicyclic) bond motifs is 8. The Balaban J connectivity index is 1.69. The van der Waals surface area contributed by atoms with Crippen LogP contribution in [0, 0.1) is 0 Å². The number of para-hydroxylation sites is 1. The first-order chi connectivity index (χ1) is 28.8. The van der Waals surface area contributed by atoms with Gasteiger partial charge in [0, 0.05) is 34.2 Å². The Morgan fingerprint density at radius 2 is 0.933 bits per heavy atom. The van der Waals surface area contributed by atoms with Crippen molar-refractivity contribution in [2.24, 2.45) is 0 Å².